The zero-order valence-corrected chi connectivity index (χ0v) is 23.6. The summed E-state index contributed by atoms with van der Waals surface area (Å²) in [5.74, 6) is -0.0273. The second-order valence-electron chi connectivity index (χ2n) is 9.07. The van der Waals surface area contributed by atoms with Crippen molar-refractivity contribution < 1.29 is 4.79 Å². The zero-order valence-electron chi connectivity index (χ0n) is 22.0. The van der Waals surface area contributed by atoms with Gasteiger partial charge in [-0.05, 0) is 100.0 Å². The first-order chi connectivity index (χ1) is 17.9. The normalized spacial score (nSPS) is 18.2. The van der Waals surface area contributed by atoms with E-state index >= 15 is 0 Å². The smallest absolute Gasteiger partial charge is 0.274 e. The number of aryl methyl sites for hydroxylation is 2. The number of amides is 1. The summed E-state index contributed by atoms with van der Waals surface area (Å²) < 4.78 is 0. The number of rotatable bonds is 6. The van der Waals surface area contributed by atoms with Gasteiger partial charge < -0.3 is 9.80 Å². The fourth-order valence-electron chi connectivity index (χ4n) is 4.74. The van der Waals surface area contributed by atoms with E-state index < -0.39 is 0 Å². The summed E-state index contributed by atoms with van der Waals surface area (Å²) in [7, 11) is 0. The lowest BCUT2D eigenvalue weighted by Gasteiger charge is -2.22. The van der Waals surface area contributed by atoms with Crippen molar-refractivity contribution in [2.24, 2.45) is 4.99 Å². The van der Waals surface area contributed by atoms with Gasteiger partial charge >= 0.3 is 0 Å². The first-order valence-corrected chi connectivity index (χ1v) is 14.4. The van der Waals surface area contributed by atoms with Crippen molar-refractivity contribution in [3.05, 3.63) is 87.8 Å². The molecule has 0 aromatic heterocycles. The average molecular weight is 529 g/mol. The van der Waals surface area contributed by atoms with Crippen LogP contribution in [0.15, 0.2) is 86.6 Å². The maximum absolute atomic E-state index is 14.0. The van der Waals surface area contributed by atoms with Crippen LogP contribution in [0, 0.1) is 13.8 Å². The second-order valence-corrected chi connectivity index (χ2v) is 11.1. The molecule has 5 nitrogen and oxygen atoms in total. The number of thioether (sulfide) groups is 2. The Morgan fingerprint density at radius 3 is 2.38 bits per heavy atom. The molecule has 0 bridgehead atoms. The van der Waals surface area contributed by atoms with Crippen LogP contribution in [0.5, 0.6) is 0 Å². The number of carbonyl (C=O) groups is 1. The van der Waals surface area contributed by atoms with Crippen LogP contribution >= 0.6 is 23.5 Å². The van der Waals surface area contributed by atoms with Crippen LogP contribution in [0.25, 0.3) is 0 Å². The van der Waals surface area contributed by atoms with Gasteiger partial charge in [-0.25, -0.2) is 4.99 Å². The summed E-state index contributed by atoms with van der Waals surface area (Å²) in [6.45, 7) is 13.3. The molecule has 1 fully saturated rings. The molecule has 3 aromatic rings. The van der Waals surface area contributed by atoms with Crippen LogP contribution in [-0.4, -0.2) is 30.7 Å². The average Bonchev–Trinajstić information content (AvgIpc) is 3.43. The number of aliphatic imine (C=N–C) groups is 1. The van der Waals surface area contributed by atoms with Crippen LogP contribution < -0.4 is 14.7 Å². The van der Waals surface area contributed by atoms with Crippen molar-refractivity contribution >= 4 is 57.3 Å². The molecule has 190 valence electrons. The number of anilines is 3. The summed E-state index contributed by atoms with van der Waals surface area (Å²) in [6.07, 6.45) is 0. The lowest BCUT2D eigenvalue weighted by atomic mass is 10.1. The van der Waals surface area contributed by atoms with Crippen LogP contribution in [0.3, 0.4) is 0 Å². The lowest BCUT2D eigenvalue weighted by Crippen LogP contribution is -2.29. The molecule has 0 aliphatic carbocycles. The Kier molecular flexibility index (Phi) is 7.36. The van der Waals surface area contributed by atoms with E-state index in [1.165, 1.54) is 22.3 Å². The molecule has 0 saturated carbocycles. The zero-order chi connectivity index (χ0) is 26.1. The number of nitrogens with zero attached hydrogens (tertiary/aromatic N) is 4. The molecule has 5 rings (SSSR count). The number of amidine groups is 1. The molecule has 0 spiro atoms. The number of benzene rings is 3. The van der Waals surface area contributed by atoms with Crippen LogP contribution in [0.4, 0.5) is 22.7 Å². The summed E-state index contributed by atoms with van der Waals surface area (Å²) >= 11 is 3.14. The van der Waals surface area contributed by atoms with E-state index in [4.69, 9.17) is 4.99 Å². The van der Waals surface area contributed by atoms with Gasteiger partial charge in [0.05, 0.1) is 17.1 Å². The van der Waals surface area contributed by atoms with Gasteiger partial charge in [0.2, 0.25) is 0 Å². The number of hydrogen-bond acceptors (Lipinski definition) is 6. The highest BCUT2D eigenvalue weighted by Gasteiger charge is 2.40. The summed E-state index contributed by atoms with van der Waals surface area (Å²) in [6, 6.07) is 22.8. The third-order valence-corrected chi connectivity index (χ3v) is 9.03. The first-order valence-electron chi connectivity index (χ1n) is 12.8. The maximum Gasteiger partial charge on any atom is 0.274 e. The number of carbonyl (C=O) groups excluding carboxylic acids is 1. The molecule has 0 atom stereocenters. The number of fused-ring (bicyclic) bond motifs is 1. The predicted molar refractivity (Wildman–Crippen MR) is 160 cm³/mol. The van der Waals surface area contributed by atoms with E-state index in [-0.39, 0.29) is 5.91 Å². The molecule has 37 heavy (non-hydrogen) atoms. The Hall–Kier alpha value is -3.16. The minimum Gasteiger partial charge on any atom is -0.372 e. The van der Waals surface area contributed by atoms with Crippen molar-refractivity contribution in [1.29, 1.82) is 0 Å². The summed E-state index contributed by atoms with van der Waals surface area (Å²) in [5, 5.41) is 1.67. The topological polar surface area (TPSA) is 39.1 Å². The predicted octanol–water partition coefficient (Wildman–Crippen LogP) is 7.72. The van der Waals surface area contributed by atoms with Crippen LogP contribution in [0.1, 0.15) is 31.9 Å². The van der Waals surface area contributed by atoms with E-state index in [0.29, 0.717) is 5.17 Å². The Morgan fingerprint density at radius 1 is 0.892 bits per heavy atom. The van der Waals surface area contributed by atoms with Gasteiger partial charge in [0.25, 0.3) is 5.91 Å². The van der Waals surface area contributed by atoms with Gasteiger partial charge in [-0.1, -0.05) is 36.0 Å². The Labute approximate surface area is 228 Å². The van der Waals surface area contributed by atoms with Crippen molar-refractivity contribution in [2.45, 2.75) is 39.5 Å². The third-order valence-electron chi connectivity index (χ3n) is 6.69. The molecular formula is C30H32N4OS2. The van der Waals surface area contributed by atoms with Crippen LogP contribution in [0.2, 0.25) is 0 Å². The van der Waals surface area contributed by atoms with Gasteiger partial charge in [0.15, 0.2) is 5.17 Å². The quantitative estimate of drug-likeness (QED) is 0.306. The van der Waals surface area contributed by atoms with Gasteiger partial charge in [0, 0.05) is 30.2 Å². The Morgan fingerprint density at radius 2 is 1.68 bits per heavy atom. The minimum absolute atomic E-state index is 0.0273. The monoisotopic (exact) mass is 528 g/mol. The van der Waals surface area contributed by atoms with Gasteiger partial charge in [-0.3, -0.25) is 9.69 Å². The highest BCUT2D eigenvalue weighted by molar-refractivity contribution is 8.20. The number of para-hydroxylation sites is 1. The second kappa shape index (κ2) is 10.7. The van der Waals surface area contributed by atoms with Gasteiger partial charge in [-0.2, -0.15) is 0 Å². The maximum atomic E-state index is 14.0. The molecule has 0 radical (unpaired) electrons. The molecule has 0 unspecified atom stereocenters. The SMILES string of the molecule is CCN(CC)c1ccc(N=C2S/C(=C3\Sc4ccccc4N3CC)C(=O)N2c2cccc(C)c2)c(C)c1. The van der Waals surface area contributed by atoms with Crippen molar-refractivity contribution in [1.82, 2.24) is 0 Å². The molecule has 2 aliphatic rings. The summed E-state index contributed by atoms with van der Waals surface area (Å²) in [4.78, 5) is 27.4. The van der Waals surface area contributed by atoms with E-state index in [0.717, 1.165) is 57.8 Å². The van der Waals surface area contributed by atoms with Crippen molar-refractivity contribution in [3.63, 3.8) is 0 Å². The molecule has 1 saturated heterocycles. The lowest BCUT2D eigenvalue weighted by molar-refractivity contribution is -0.113. The van der Waals surface area contributed by atoms with E-state index in [9.17, 15) is 4.79 Å². The molecule has 7 heteroatoms. The van der Waals surface area contributed by atoms with E-state index in [1.807, 2.05) is 37.3 Å². The van der Waals surface area contributed by atoms with Gasteiger partial charge in [-0.15, -0.1) is 0 Å². The standard InChI is InChI=1S/C30H32N4OS2/c1-6-32(7-2)22-16-17-24(21(5)19-22)31-30-34(23-13-11-12-20(4)18-23)28(35)27(37-30)29-33(8-3)25-14-9-10-15-26(25)36-29/h9-19H,6-8H2,1-5H3/b29-27-,31-30?. The molecule has 1 amide bonds. The molecule has 2 heterocycles. The van der Waals surface area contributed by atoms with E-state index in [1.54, 1.807) is 16.7 Å². The molecule has 3 aromatic carbocycles. The largest absolute Gasteiger partial charge is 0.372 e. The van der Waals surface area contributed by atoms with E-state index in [2.05, 4.69) is 73.9 Å². The molecule has 0 N–H and O–H groups in total. The highest BCUT2D eigenvalue weighted by atomic mass is 32.2. The third kappa shape index (κ3) is 4.78. The highest BCUT2D eigenvalue weighted by Crippen LogP contribution is 2.51. The van der Waals surface area contributed by atoms with Gasteiger partial charge in [0.1, 0.15) is 9.93 Å². The van der Waals surface area contributed by atoms with Crippen LogP contribution in [-0.2, 0) is 4.79 Å². The minimum atomic E-state index is -0.0273. The van der Waals surface area contributed by atoms with Crippen molar-refractivity contribution in [2.75, 3.05) is 34.3 Å². The first kappa shape index (κ1) is 25.5. The summed E-state index contributed by atoms with van der Waals surface area (Å²) in [5.41, 5.74) is 6.26. The fraction of sp³-hybridized carbons (Fsp3) is 0.267. The Bertz CT molecular complexity index is 1410. The fourth-order valence-corrected chi connectivity index (χ4v) is 7.13. The number of hydrogen-bond donors (Lipinski definition) is 0. The molecular weight excluding hydrogens is 496 g/mol. The Balaban J connectivity index is 1.60. The molecule has 2 aliphatic heterocycles. The van der Waals surface area contributed by atoms with Crippen molar-refractivity contribution in [3.8, 4) is 0 Å².